The maximum absolute atomic E-state index is 10.9. The van der Waals surface area contributed by atoms with Gasteiger partial charge in [-0.2, -0.15) is 0 Å². The Morgan fingerprint density at radius 3 is 2.30 bits per heavy atom. The van der Waals surface area contributed by atoms with Gasteiger partial charge in [0.25, 0.3) is 0 Å². The molecule has 2 heteroatoms. The van der Waals surface area contributed by atoms with E-state index in [0.717, 1.165) is 6.42 Å². The van der Waals surface area contributed by atoms with Crippen LogP contribution in [-0.4, -0.2) is 11.8 Å². The molecule has 1 unspecified atom stereocenters. The van der Waals surface area contributed by atoms with E-state index in [0.29, 0.717) is 12.3 Å². The summed E-state index contributed by atoms with van der Waals surface area (Å²) in [6, 6.07) is -0.231. The molecule has 0 heterocycles. The Bertz CT molecular complexity index is 110. The fourth-order valence-electron chi connectivity index (χ4n) is 0.902. The van der Waals surface area contributed by atoms with Crippen molar-refractivity contribution in [3.63, 3.8) is 0 Å². The van der Waals surface area contributed by atoms with Gasteiger partial charge in [-0.3, -0.25) is 4.79 Å². The first-order valence-corrected chi connectivity index (χ1v) is 3.86. The van der Waals surface area contributed by atoms with Crippen LogP contribution in [0.25, 0.3) is 0 Å². The molecular weight excluding hydrogens is 126 g/mol. The Morgan fingerprint density at radius 2 is 2.00 bits per heavy atom. The van der Waals surface area contributed by atoms with Crippen LogP contribution in [0.4, 0.5) is 0 Å². The van der Waals surface area contributed by atoms with E-state index in [1.807, 2.05) is 6.92 Å². The Labute approximate surface area is 62.8 Å². The smallest absolute Gasteiger partial charge is 0.149 e. The molecule has 0 aliphatic rings. The van der Waals surface area contributed by atoms with Crippen molar-refractivity contribution in [3.05, 3.63) is 0 Å². The van der Waals surface area contributed by atoms with E-state index >= 15 is 0 Å². The Hall–Kier alpha value is -0.370. The lowest BCUT2D eigenvalue weighted by molar-refractivity contribution is -0.120. The summed E-state index contributed by atoms with van der Waals surface area (Å²) in [7, 11) is 0. The number of nitrogens with two attached hydrogens (primary N) is 1. The molecule has 0 amide bonds. The third-order valence-corrected chi connectivity index (χ3v) is 1.49. The zero-order valence-corrected chi connectivity index (χ0v) is 7.05. The highest BCUT2D eigenvalue weighted by Gasteiger charge is 2.11. The third kappa shape index (κ3) is 3.62. The molecule has 0 fully saturated rings. The van der Waals surface area contributed by atoms with Crippen molar-refractivity contribution >= 4 is 5.78 Å². The van der Waals surface area contributed by atoms with Gasteiger partial charge in [0.05, 0.1) is 6.04 Å². The molecule has 0 radical (unpaired) electrons. The normalized spacial score (nSPS) is 13.7. The van der Waals surface area contributed by atoms with Crippen molar-refractivity contribution in [1.82, 2.24) is 0 Å². The average Bonchev–Trinajstić information content (AvgIpc) is 1.85. The number of ketones is 1. The van der Waals surface area contributed by atoms with Crippen LogP contribution in [0.3, 0.4) is 0 Å². The number of rotatable bonds is 4. The molecule has 0 saturated heterocycles. The second-order valence-corrected chi connectivity index (χ2v) is 3.06. The minimum atomic E-state index is -0.231. The Balaban J connectivity index is 3.61. The number of hydrogen-bond donors (Lipinski definition) is 1. The zero-order valence-electron chi connectivity index (χ0n) is 7.05. The molecule has 0 rings (SSSR count). The number of hydrogen-bond acceptors (Lipinski definition) is 2. The van der Waals surface area contributed by atoms with Gasteiger partial charge in [-0.05, 0) is 12.3 Å². The maximum Gasteiger partial charge on any atom is 0.149 e. The van der Waals surface area contributed by atoms with Gasteiger partial charge in [0.1, 0.15) is 5.78 Å². The summed E-state index contributed by atoms with van der Waals surface area (Å²) >= 11 is 0. The summed E-state index contributed by atoms with van der Waals surface area (Å²) in [6.07, 6.45) is 1.38. The van der Waals surface area contributed by atoms with Gasteiger partial charge in [0.15, 0.2) is 0 Å². The second kappa shape index (κ2) is 4.45. The molecular formula is C8H17NO. The number of carbonyl (C=O) groups is 1. The van der Waals surface area contributed by atoms with Gasteiger partial charge >= 0.3 is 0 Å². The van der Waals surface area contributed by atoms with Gasteiger partial charge in [-0.1, -0.05) is 20.8 Å². The van der Waals surface area contributed by atoms with Crippen LogP contribution in [-0.2, 0) is 4.79 Å². The van der Waals surface area contributed by atoms with Gasteiger partial charge < -0.3 is 5.73 Å². The van der Waals surface area contributed by atoms with Crippen molar-refractivity contribution in [3.8, 4) is 0 Å². The fraction of sp³-hybridized carbons (Fsp3) is 0.875. The predicted octanol–water partition coefficient (Wildman–Crippen LogP) is 1.34. The van der Waals surface area contributed by atoms with Gasteiger partial charge in [-0.15, -0.1) is 0 Å². The maximum atomic E-state index is 10.9. The molecule has 0 aromatic heterocycles. The fourth-order valence-corrected chi connectivity index (χ4v) is 0.902. The Morgan fingerprint density at radius 1 is 1.50 bits per heavy atom. The zero-order chi connectivity index (χ0) is 8.15. The molecule has 0 bridgehead atoms. The lowest BCUT2D eigenvalue weighted by Crippen LogP contribution is -2.31. The van der Waals surface area contributed by atoms with Crippen molar-refractivity contribution in [2.24, 2.45) is 11.7 Å². The van der Waals surface area contributed by atoms with Crippen LogP contribution in [0, 0.1) is 5.92 Å². The first-order valence-electron chi connectivity index (χ1n) is 3.86. The van der Waals surface area contributed by atoms with Crippen LogP contribution in [0.15, 0.2) is 0 Å². The summed E-state index contributed by atoms with van der Waals surface area (Å²) in [5, 5.41) is 0. The first kappa shape index (κ1) is 9.63. The first-order chi connectivity index (χ1) is 4.57. The minimum Gasteiger partial charge on any atom is -0.322 e. The van der Waals surface area contributed by atoms with Crippen molar-refractivity contribution in [2.45, 2.75) is 39.7 Å². The largest absolute Gasteiger partial charge is 0.322 e. The molecule has 0 aromatic carbocycles. The monoisotopic (exact) mass is 143 g/mol. The van der Waals surface area contributed by atoms with Crippen LogP contribution in [0.2, 0.25) is 0 Å². The molecule has 2 nitrogen and oxygen atoms in total. The molecule has 0 saturated carbocycles. The van der Waals surface area contributed by atoms with Crippen molar-refractivity contribution in [2.75, 3.05) is 0 Å². The average molecular weight is 143 g/mol. The molecule has 0 aliphatic carbocycles. The van der Waals surface area contributed by atoms with Crippen LogP contribution < -0.4 is 5.73 Å². The summed E-state index contributed by atoms with van der Waals surface area (Å²) in [5.74, 6) is 0.694. The summed E-state index contributed by atoms with van der Waals surface area (Å²) < 4.78 is 0. The molecule has 0 aromatic rings. The quantitative estimate of drug-likeness (QED) is 0.645. The minimum absolute atomic E-state index is 0.175. The van der Waals surface area contributed by atoms with E-state index in [2.05, 4.69) is 13.8 Å². The topological polar surface area (TPSA) is 43.1 Å². The third-order valence-electron chi connectivity index (χ3n) is 1.49. The lowest BCUT2D eigenvalue weighted by atomic mass is 10.0. The summed E-state index contributed by atoms with van der Waals surface area (Å²) in [6.45, 7) is 5.99. The molecule has 0 aliphatic heterocycles. The van der Waals surface area contributed by atoms with E-state index < -0.39 is 0 Å². The van der Waals surface area contributed by atoms with Crippen LogP contribution in [0.1, 0.15) is 33.6 Å². The highest BCUT2D eigenvalue weighted by molar-refractivity contribution is 5.83. The van der Waals surface area contributed by atoms with Crippen LogP contribution >= 0.6 is 0 Å². The lowest BCUT2D eigenvalue weighted by Gasteiger charge is -2.10. The van der Waals surface area contributed by atoms with Gasteiger partial charge in [-0.25, -0.2) is 0 Å². The second-order valence-electron chi connectivity index (χ2n) is 3.06. The highest BCUT2D eigenvalue weighted by atomic mass is 16.1. The molecule has 60 valence electrons. The van der Waals surface area contributed by atoms with E-state index in [-0.39, 0.29) is 11.8 Å². The summed E-state index contributed by atoms with van der Waals surface area (Å²) in [5.41, 5.74) is 5.58. The predicted molar refractivity (Wildman–Crippen MR) is 42.7 cm³/mol. The van der Waals surface area contributed by atoms with E-state index in [1.54, 1.807) is 0 Å². The standard InChI is InChI=1S/C8H17NO/c1-4-8(10)7(9)5-6(2)3/h6-7H,4-5,9H2,1-3H3. The number of Topliss-reactive ketones (excluding diaryl/α,β-unsaturated/α-hetero) is 1. The van der Waals surface area contributed by atoms with Crippen molar-refractivity contribution < 1.29 is 4.79 Å². The van der Waals surface area contributed by atoms with E-state index in [1.165, 1.54) is 0 Å². The number of carbonyl (C=O) groups excluding carboxylic acids is 1. The molecule has 10 heavy (non-hydrogen) atoms. The molecule has 1 atom stereocenters. The van der Waals surface area contributed by atoms with Gasteiger partial charge in [0.2, 0.25) is 0 Å². The van der Waals surface area contributed by atoms with Crippen LogP contribution in [0.5, 0.6) is 0 Å². The van der Waals surface area contributed by atoms with E-state index in [9.17, 15) is 4.79 Å². The van der Waals surface area contributed by atoms with Gasteiger partial charge in [0, 0.05) is 6.42 Å². The molecule has 2 N–H and O–H groups in total. The van der Waals surface area contributed by atoms with Crippen molar-refractivity contribution in [1.29, 1.82) is 0 Å². The summed E-state index contributed by atoms with van der Waals surface area (Å²) in [4.78, 5) is 10.9. The Kier molecular flexibility index (Phi) is 4.28. The SMILES string of the molecule is CCC(=O)C(N)CC(C)C. The highest BCUT2D eigenvalue weighted by Crippen LogP contribution is 2.04. The molecule has 0 spiro atoms. The van der Waals surface area contributed by atoms with E-state index in [4.69, 9.17) is 5.73 Å².